The minimum absolute atomic E-state index is 0.557. The van der Waals surface area contributed by atoms with Gasteiger partial charge in [-0.25, -0.2) is 0 Å². The second-order valence-corrected chi connectivity index (χ2v) is 6.83. The molecule has 2 atom stereocenters. The van der Waals surface area contributed by atoms with Crippen LogP contribution >= 0.6 is 15.9 Å². The summed E-state index contributed by atoms with van der Waals surface area (Å²) in [5.41, 5.74) is 2.77. The van der Waals surface area contributed by atoms with Crippen molar-refractivity contribution in [2.75, 3.05) is 6.61 Å². The molecule has 1 saturated carbocycles. The highest BCUT2D eigenvalue weighted by molar-refractivity contribution is 9.10. The van der Waals surface area contributed by atoms with Crippen molar-refractivity contribution >= 4 is 15.9 Å². The van der Waals surface area contributed by atoms with E-state index >= 15 is 0 Å². The molecule has 0 N–H and O–H groups in total. The van der Waals surface area contributed by atoms with E-state index < -0.39 is 0 Å². The summed E-state index contributed by atoms with van der Waals surface area (Å²) in [5, 5.41) is 0. The Morgan fingerprint density at radius 2 is 1.95 bits per heavy atom. The SMILES string of the molecule is C=CCOc1ccc(Br)cc1CC1CCC1c1ccccc1. The molecule has 2 aromatic rings. The van der Waals surface area contributed by atoms with Crippen molar-refractivity contribution in [2.45, 2.75) is 25.2 Å². The second kappa shape index (κ2) is 7.15. The number of rotatable bonds is 6. The van der Waals surface area contributed by atoms with E-state index in [1.54, 1.807) is 6.08 Å². The summed E-state index contributed by atoms with van der Waals surface area (Å²) >= 11 is 3.58. The average molecular weight is 357 g/mol. The quantitative estimate of drug-likeness (QED) is 0.598. The molecular formula is C20H21BrO. The van der Waals surface area contributed by atoms with Crippen LogP contribution < -0.4 is 4.74 Å². The highest BCUT2D eigenvalue weighted by atomic mass is 79.9. The Hall–Kier alpha value is -1.54. The van der Waals surface area contributed by atoms with Crippen LogP contribution in [0.4, 0.5) is 0 Å². The molecule has 2 unspecified atom stereocenters. The van der Waals surface area contributed by atoms with Gasteiger partial charge in [-0.1, -0.05) is 58.9 Å². The molecule has 3 rings (SSSR count). The van der Waals surface area contributed by atoms with E-state index in [1.165, 1.54) is 24.0 Å². The van der Waals surface area contributed by atoms with Gasteiger partial charge in [-0.15, -0.1) is 0 Å². The standard InChI is InChI=1S/C20H21BrO/c1-2-12-22-20-11-9-18(21)14-17(20)13-16-8-10-19(16)15-6-4-3-5-7-15/h2-7,9,11,14,16,19H,1,8,10,12-13H2. The maximum atomic E-state index is 5.81. The molecule has 0 radical (unpaired) electrons. The summed E-state index contributed by atoms with van der Waals surface area (Å²) in [6.07, 6.45) is 5.46. The Balaban J connectivity index is 1.75. The fraction of sp³-hybridized carbons (Fsp3) is 0.300. The van der Waals surface area contributed by atoms with E-state index in [0.717, 1.165) is 16.6 Å². The molecule has 1 aliphatic rings. The fourth-order valence-corrected chi connectivity index (χ4v) is 3.64. The molecule has 1 aliphatic carbocycles. The van der Waals surface area contributed by atoms with E-state index in [0.29, 0.717) is 18.4 Å². The second-order valence-electron chi connectivity index (χ2n) is 5.91. The van der Waals surface area contributed by atoms with Gasteiger partial charge in [-0.05, 0) is 60.4 Å². The van der Waals surface area contributed by atoms with Crippen molar-refractivity contribution in [1.29, 1.82) is 0 Å². The molecule has 0 aromatic heterocycles. The Kier molecular flexibility index (Phi) is 4.99. The van der Waals surface area contributed by atoms with Crippen molar-refractivity contribution in [1.82, 2.24) is 0 Å². The van der Waals surface area contributed by atoms with E-state index in [-0.39, 0.29) is 0 Å². The summed E-state index contributed by atoms with van der Waals surface area (Å²) in [4.78, 5) is 0. The van der Waals surface area contributed by atoms with Crippen LogP contribution in [0.25, 0.3) is 0 Å². The largest absolute Gasteiger partial charge is 0.489 e. The maximum Gasteiger partial charge on any atom is 0.123 e. The molecule has 0 heterocycles. The fourth-order valence-electron chi connectivity index (χ4n) is 3.23. The molecule has 0 saturated heterocycles. The zero-order valence-electron chi connectivity index (χ0n) is 12.7. The highest BCUT2D eigenvalue weighted by Gasteiger charge is 2.32. The molecule has 114 valence electrons. The van der Waals surface area contributed by atoms with Gasteiger partial charge in [-0.3, -0.25) is 0 Å². The van der Waals surface area contributed by atoms with Gasteiger partial charge in [0.25, 0.3) is 0 Å². The smallest absolute Gasteiger partial charge is 0.123 e. The zero-order chi connectivity index (χ0) is 15.4. The molecule has 1 fully saturated rings. The summed E-state index contributed by atoms with van der Waals surface area (Å²) in [5.74, 6) is 2.39. The van der Waals surface area contributed by atoms with Crippen molar-refractivity contribution in [3.05, 3.63) is 76.8 Å². The Bertz CT molecular complexity index is 635. The van der Waals surface area contributed by atoms with Crippen LogP contribution in [-0.4, -0.2) is 6.61 Å². The normalized spacial score (nSPS) is 20.2. The van der Waals surface area contributed by atoms with Gasteiger partial charge in [0, 0.05) is 4.47 Å². The van der Waals surface area contributed by atoms with E-state index in [1.807, 2.05) is 6.07 Å². The average Bonchev–Trinajstić information content (AvgIpc) is 2.52. The molecule has 2 heteroatoms. The van der Waals surface area contributed by atoms with Gasteiger partial charge in [-0.2, -0.15) is 0 Å². The lowest BCUT2D eigenvalue weighted by molar-refractivity contribution is 0.250. The van der Waals surface area contributed by atoms with Gasteiger partial charge in [0.1, 0.15) is 12.4 Å². The van der Waals surface area contributed by atoms with Crippen molar-refractivity contribution < 1.29 is 4.74 Å². The summed E-state index contributed by atoms with van der Waals surface area (Å²) in [6, 6.07) is 17.2. The summed E-state index contributed by atoms with van der Waals surface area (Å²) in [7, 11) is 0. The molecule has 1 nitrogen and oxygen atoms in total. The molecule has 0 aliphatic heterocycles. The molecule has 0 amide bonds. The lowest BCUT2D eigenvalue weighted by atomic mass is 9.67. The topological polar surface area (TPSA) is 9.23 Å². The maximum absolute atomic E-state index is 5.81. The molecule has 2 aromatic carbocycles. The van der Waals surface area contributed by atoms with Gasteiger partial charge in [0.2, 0.25) is 0 Å². The van der Waals surface area contributed by atoms with Crippen molar-refractivity contribution in [3.8, 4) is 5.75 Å². The molecule has 22 heavy (non-hydrogen) atoms. The van der Waals surface area contributed by atoms with Crippen molar-refractivity contribution in [2.24, 2.45) is 5.92 Å². The summed E-state index contributed by atoms with van der Waals surface area (Å²) < 4.78 is 6.93. The molecular weight excluding hydrogens is 336 g/mol. The first-order valence-corrected chi connectivity index (χ1v) is 8.64. The summed E-state index contributed by atoms with van der Waals surface area (Å²) in [6.45, 7) is 4.29. The first-order valence-electron chi connectivity index (χ1n) is 7.85. The molecule has 0 spiro atoms. The third-order valence-electron chi connectivity index (χ3n) is 4.51. The predicted octanol–water partition coefficient (Wildman–Crippen LogP) is 5.75. The van der Waals surface area contributed by atoms with Crippen LogP contribution in [0.15, 0.2) is 65.7 Å². The highest BCUT2D eigenvalue weighted by Crippen LogP contribution is 2.45. The van der Waals surface area contributed by atoms with Crippen LogP contribution in [0, 0.1) is 5.92 Å². The van der Waals surface area contributed by atoms with E-state index in [2.05, 4.69) is 65.0 Å². The van der Waals surface area contributed by atoms with Crippen LogP contribution in [0.5, 0.6) is 5.75 Å². The van der Waals surface area contributed by atoms with Gasteiger partial charge in [0.05, 0.1) is 0 Å². The monoisotopic (exact) mass is 356 g/mol. The van der Waals surface area contributed by atoms with Gasteiger partial charge < -0.3 is 4.74 Å². The van der Waals surface area contributed by atoms with Gasteiger partial charge in [0.15, 0.2) is 0 Å². The van der Waals surface area contributed by atoms with Crippen LogP contribution in [-0.2, 0) is 6.42 Å². The van der Waals surface area contributed by atoms with Crippen LogP contribution in [0.3, 0.4) is 0 Å². The van der Waals surface area contributed by atoms with E-state index in [4.69, 9.17) is 4.74 Å². The third kappa shape index (κ3) is 3.44. The minimum Gasteiger partial charge on any atom is -0.489 e. The van der Waals surface area contributed by atoms with Gasteiger partial charge >= 0.3 is 0 Å². The van der Waals surface area contributed by atoms with Crippen LogP contribution in [0.2, 0.25) is 0 Å². The first-order chi connectivity index (χ1) is 10.8. The number of hydrogen-bond donors (Lipinski definition) is 0. The predicted molar refractivity (Wildman–Crippen MR) is 95.4 cm³/mol. The number of halogens is 1. The lowest BCUT2D eigenvalue weighted by Crippen LogP contribution is -2.26. The Labute approximate surface area is 141 Å². The third-order valence-corrected chi connectivity index (χ3v) is 5.00. The first kappa shape index (κ1) is 15.4. The lowest BCUT2D eigenvalue weighted by Gasteiger charge is -2.37. The number of ether oxygens (including phenoxy) is 1. The van der Waals surface area contributed by atoms with Crippen molar-refractivity contribution in [3.63, 3.8) is 0 Å². The number of hydrogen-bond acceptors (Lipinski definition) is 1. The van der Waals surface area contributed by atoms with E-state index in [9.17, 15) is 0 Å². The molecule has 0 bridgehead atoms. The zero-order valence-corrected chi connectivity index (χ0v) is 14.3. The number of benzene rings is 2. The minimum atomic E-state index is 0.557. The Morgan fingerprint density at radius 1 is 1.14 bits per heavy atom. The van der Waals surface area contributed by atoms with Crippen LogP contribution in [0.1, 0.15) is 29.9 Å². The Morgan fingerprint density at radius 3 is 2.64 bits per heavy atom.